The van der Waals surface area contributed by atoms with E-state index in [0.29, 0.717) is 5.56 Å². The van der Waals surface area contributed by atoms with Gasteiger partial charge in [-0.05, 0) is 5.56 Å². The predicted octanol–water partition coefficient (Wildman–Crippen LogP) is 1.55. The van der Waals surface area contributed by atoms with Crippen LogP contribution in [0.4, 0.5) is 5.69 Å². The summed E-state index contributed by atoms with van der Waals surface area (Å²) in [5, 5.41) is 18.4. The first kappa shape index (κ1) is 8.21. The van der Waals surface area contributed by atoms with Crippen LogP contribution in [0.25, 0.3) is 0 Å². The molecule has 1 rings (SSSR count). The molecule has 0 saturated carbocycles. The number of nitro groups is 1. The minimum Gasteiger partial charge on any atom is -0.258 e. The van der Waals surface area contributed by atoms with Gasteiger partial charge in [-0.3, -0.25) is 10.1 Å². The van der Waals surface area contributed by atoms with E-state index in [1.54, 1.807) is 6.07 Å². The molecule has 0 aliphatic heterocycles. The lowest BCUT2D eigenvalue weighted by Crippen LogP contribution is -1.87. The van der Waals surface area contributed by atoms with E-state index in [2.05, 4.69) is 6.42 Å². The Balaban J connectivity index is 2.87. The van der Waals surface area contributed by atoms with Gasteiger partial charge in [0.2, 0.25) is 0 Å². The Hall–Kier alpha value is -1.89. The number of nitro benzene ring substituents is 1. The van der Waals surface area contributed by atoms with Crippen molar-refractivity contribution in [2.45, 2.75) is 0 Å². The van der Waals surface area contributed by atoms with Crippen molar-refractivity contribution in [3.63, 3.8) is 0 Å². The molecule has 1 aromatic carbocycles. The number of hydrogen-bond acceptors (Lipinski definition) is 3. The van der Waals surface area contributed by atoms with Crippen molar-refractivity contribution < 1.29 is 4.92 Å². The summed E-state index contributed by atoms with van der Waals surface area (Å²) in [6.45, 7) is 0. The van der Waals surface area contributed by atoms with Crippen LogP contribution in [0, 0.1) is 27.9 Å². The SMILES string of the molecule is N#C[C]c1ccc([N+](=O)[O-])cc1. The molecular weight excluding hydrogens is 156 g/mol. The Bertz CT molecular complexity index is 324. The van der Waals surface area contributed by atoms with Crippen molar-refractivity contribution in [3.05, 3.63) is 46.4 Å². The Morgan fingerprint density at radius 2 is 1.92 bits per heavy atom. The molecule has 4 nitrogen and oxygen atoms in total. The fraction of sp³-hybridized carbons (Fsp3) is 0. The molecule has 2 radical (unpaired) electrons. The second-order valence-corrected chi connectivity index (χ2v) is 2.04. The normalized spacial score (nSPS) is 8.92. The minimum absolute atomic E-state index is 0.0125. The third-order valence-corrected chi connectivity index (χ3v) is 1.28. The number of rotatable bonds is 2. The second-order valence-electron chi connectivity index (χ2n) is 2.04. The first-order valence-electron chi connectivity index (χ1n) is 3.13. The van der Waals surface area contributed by atoms with Gasteiger partial charge >= 0.3 is 0 Å². The standard InChI is InChI=1S/C8H4N2O2/c9-6-5-7-1-3-8(4-2-7)10(11)12/h1-4H. The van der Waals surface area contributed by atoms with Crippen molar-refractivity contribution in [3.8, 4) is 6.07 Å². The maximum absolute atomic E-state index is 10.2. The van der Waals surface area contributed by atoms with E-state index in [1.807, 2.05) is 0 Å². The molecule has 0 fully saturated rings. The Morgan fingerprint density at radius 1 is 1.33 bits per heavy atom. The highest BCUT2D eigenvalue weighted by atomic mass is 16.6. The third-order valence-electron chi connectivity index (χ3n) is 1.28. The Labute approximate surface area is 69.2 Å². The van der Waals surface area contributed by atoms with Gasteiger partial charge < -0.3 is 0 Å². The van der Waals surface area contributed by atoms with Gasteiger partial charge in [-0.2, -0.15) is 5.26 Å². The predicted molar refractivity (Wildman–Crippen MR) is 41.1 cm³/mol. The van der Waals surface area contributed by atoms with Crippen LogP contribution in [-0.4, -0.2) is 4.92 Å². The minimum atomic E-state index is -0.490. The third kappa shape index (κ3) is 1.80. The van der Waals surface area contributed by atoms with Crippen LogP contribution in [-0.2, 0) is 0 Å². The number of hydrogen-bond donors (Lipinski definition) is 0. The van der Waals surface area contributed by atoms with Gasteiger partial charge in [0.15, 0.2) is 0 Å². The zero-order chi connectivity index (χ0) is 8.97. The summed E-state index contributed by atoms with van der Waals surface area (Å²) in [4.78, 5) is 9.70. The zero-order valence-corrected chi connectivity index (χ0v) is 6.02. The number of nitrogens with zero attached hydrogens (tertiary/aromatic N) is 2. The zero-order valence-electron chi connectivity index (χ0n) is 6.02. The number of nitriles is 1. The number of benzene rings is 1. The van der Waals surface area contributed by atoms with Gasteiger partial charge in [0.05, 0.1) is 11.0 Å². The van der Waals surface area contributed by atoms with Gasteiger partial charge in [-0.1, -0.05) is 12.1 Å². The number of non-ortho nitro benzene ring substituents is 1. The smallest absolute Gasteiger partial charge is 0.258 e. The van der Waals surface area contributed by atoms with E-state index >= 15 is 0 Å². The van der Waals surface area contributed by atoms with Crippen LogP contribution >= 0.6 is 0 Å². The second kappa shape index (κ2) is 3.49. The quantitative estimate of drug-likeness (QED) is 0.486. The maximum Gasteiger partial charge on any atom is 0.269 e. The summed E-state index contributed by atoms with van der Waals surface area (Å²) in [6, 6.07) is 7.33. The van der Waals surface area contributed by atoms with E-state index < -0.39 is 4.92 Å². The average molecular weight is 160 g/mol. The van der Waals surface area contributed by atoms with Crippen LogP contribution in [0.1, 0.15) is 5.56 Å². The highest BCUT2D eigenvalue weighted by molar-refractivity contribution is 5.37. The lowest BCUT2D eigenvalue weighted by Gasteiger charge is -1.91. The molecule has 0 heterocycles. The molecule has 0 bridgehead atoms. The lowest BCUT2D eigenvalue weighted by atomic mass is 10.1. The molecule has 1 aromatic rings. The van der Waals surface area contributed by atoms with Gasteiger partial charge in [-0.15, -0.1) is 0 Å². The summed E-state index contributed by atoms with van der Waals surface area (Å²) in [5.74, 6) is 0. The van der Waals surface area contributed by atoms with E-state index in [1.165, 1.54) is 24.3 Å². The Kier molecular flexibility index (Phi) is 2.38. The summed E-state index contributed by atoms with van der Waals surface area (Å²) < 4.78 is 0. The van der Waals surface area contributed by atoms with Crippen LogP contribution in [0.3, 0.4) is 0 Å². The molecular formula is C8H4N2O2. The Morgan fingerprint density at radius 3 is 2.33 bits per heavy atom. The van der Waals surface area contributed by atoms with Gasteiger partial charge in [0.1, 0.15) is 6.42 Å². The highest BCUT2D eigenvalue weighted by Crippen LogP contribution is 2.12. The van der Waals surface area contributed by atoms with E-state index in [9.17, 15) is 10.1 Å². The van der Waals surface area contributed by atoms with Crippen LogP contribution in [0.15, 0.2) is 24.3 Å². The lowest BCUT2D eigenvalue weighted by molar-refractivity contribution is -0.384. The monoisotopic (exact) mass is 160 g/mol. The molecule has 0 saturated heterocycles. The van der Waals surface area contributed by atoms with Gasteiger partial charge in [0.25, 0.3) is 5.69 Å². The molecule has 4 heteroatoms. The largest absolute Gasteiger partial charge is 0.269 e. The van der Waals surface area contributed by atoms with E-state index in [0.717, 1.165) is 0 Å². The van der Waals surface area contributed by atoms with E-state index in [-0.39, 0.29) is 5.69 Å². The highest BCUT2D eigenvalue weighted by Gasteiger charge is 2.03. The van der Waals surface area contributed by atoms with E-state index in [4.69, 9.17) is 5.26 Å². The molecule has 0 unspecified atom stereocenters. The van der Waals surface area contributed by atoms with Gasteiger partial charge in [0, 0.05) is 12.1 Å². The van der Waals surface area contributed by atoms with Crippen molar-refractivity contribution >= 4 is 5.69 Å². The van der Waals surface area contributed by atoms with Gasteiger partial charge in [-0.25, -0.2) is 0 Å². The molecule has 0 aliphatic carbocycles. The average Bonchev–Trinajstić information content (AvgIpc) is 2.06. The topological polar surface area (TPSA) is 66.9 Å². The summed E-state index contributed by atoms with van der Waals surface area (Å²) >= 11 is 0. The summed E-state index contributed by atoms with van der Waals surface area (Å²) in [5.41, 5.74) is 0.557. The molecule has 12 heavy (non-hydrogen) atoms. The summed E-state index contributed by atoms with van der Waals surface area (Å²) in [6.07, 6.45) is 2.36. The van der Waals surface area contributed by atoms with Crippen LogP contribution in [0.5, 0.6) is 0 Å². The first-order chi connectivity index (χ1) is 5.74. The molecule has 0 spiro atoms. The molecule has 0 aromatic heterocycles. The maximum atomic E-state index is 10.2. The fourth-order valence-electron chi connectivity index (χ4n) is 0.731. The molecule has 0 amide bonds. The summed E-state index contributed by atoms with van der Waals surface area (Å²) in [7, 11) is 0. The van der Waals surface area contributed by atoms with Crippen LogP contribution in [0.2, 0.25) is 0 Å². The molecule has 58 valence electrons. The van der Waals surface area contributed by atoms with Crippen molar-refractivity contribution in [2.24, 2.45) is 0 Å². The molecule has 0 atom stereocenters. The fourth-order valence-corrected chi connectivity index (χ4v) is 0.731. The molecule has 0 aliphatic rings. The van der Waals surface area contributed by atoms with Crippen molar-refractivity contribution in [2.75, 3.05) is 0 Å². The molecule has 0 N–H and O–H groups in total. The first-order valence-corrected chi connectivity index (χ1v) is 3.13. The van der Waals surface area contributed by atoms with Crippen molar-refractivity contribution in [1.29, 1.82) is 5.26 Å². The van der Waals surface area contributed by atoms with Crippen molar-refractivity contribution in [1.82, 2.24) is 0 Å². The van der Waals surface area contributed by atoms with Crippen LogP contribution < -0.4 is 0 Å².